The summed E-state index contributed by atoms with van der Waals surface area (Å²) >= 11 is 0. The second kappa shape index (κ2) is 5.54. The Hall–Kier alpha value is -0.386. The van der Waals surface area contributed by atoms with E-state index in [-0.39, 0.29) is 0 Å². The molecular weight excluding hydrogens is 264 g/mol. The zero-order chi connectivity index (χ0) is 14.1. The van der Waals surface area contributed by atoms with Gasteiger partial charge in [0.05, 0.1) is 0 Å². The number of benzene rings is 1. The lowest BCUT2D eigenvalue weighted by Gasteiger charge is -2.41. The number of rotatable bonds is 4. The van der Waals surface area contributed by atoms with E-state index < -0.39 is 16.4 Å². The lowest BCUT2D eigenvalue weighted by atomic mass is 10.4. The molecule has 0 saturated carbocycles. The molecule has 1 heterocycles. The molecule has 19 heavy (non-hydrogen) atoms. The van der Waals surface area contributed by atoms with E-state index in [1.807, 2.05) is 0 Å². The summed E-state index contributed by atoms with van der Waals surface area (Å²) in [6.07, 6.45) is 3.11. The summed E-state index contributed by atoms with van der Waals surface area (Å²) < 4.78 is 6.70. The zero-order valence-corrected chi connectivity index (χ0v) is 15.1. The van der Waals surface area contributed by atoms with Crippen LogP contribution in [0.4, 0.5) is 0 Å². The van der Waals surface area contributed by atoms with Gasteiger partial charge in [-0.2, -0.15) is 0 Å². The Labute approximate surface area is 120 Å². The Morgan fingerprint density at radius 1 is 1.16 bits per heavy atom. The highest BCUT2D eigenvalue weighted by atomic mass is 28.4. The summed E-state index contributed by atoms with van der Waals surface area (Å²) in [5, 5.41) is 2.40. The van der Waals surface area contributed by atoms with Crippen LogP contribution in [0.15, 0.2) is 30.3 Å². The Morgan fingerprint density at radius 3 is 2.32 bits per heavy atom. The van der Waals surface area contributed by atoms with Crippen molar-refractivity contribution >= 4 is 21.6 Å². The van der Waals surface area contributed by atoms with Crippen LogP contribution in [0.1, 0.15) is 26.7 Å². The number of hydrogen-bond acceptors (Lipinski definition) is 1. The predicted molar refractivity (Wildman–Crippen MR) is 89.2 cm³/mol. The fourth-order valence-electron chi connectivity index (χ4n) is 3.80. The van der Waals surface area contributed by atoms with Gasteiger partial charge in [0.1, 0.15) is 0 Å². The van der Waals surface area contributed by atoms with Crippen molar-refractivity contribution in [1.82, 2.24) is 0 Å². The molecule has 1 aliphatic rings. The van der Waals surface area contributed by atoms with Crippen molar-refractivity contribution in [3.05, 3.63) is 30.3 Å². The third-order valence-electron chi connectivity index (χ3n) is 4.36. The molecule has 0 radical (unpaired) electrons. The molecule has 1 aromatic carbocycles. The second-order valence-electron chi connectivity index (χ2n) is 7.23. The smallest absolute Gasteiger partial charge is 0.225 e. The summed E-state index contributed by atoms with van der Waals surface area (Å²) in [6.45, 7) is 12.0. The molecule has 0 amide bonds. The van der Waals surface area contributed by atoms with Crippen molar-refractivity contribution in [2.75, 3.05) is 0 Å². The van der Waals surface area contributed by atoms with Crippen LogP contribution in [0, 0.1) is 0 Å². The summed E-state index contributed by atoms with van der Waals surface area (Å²) in [5.74, 6) is 0. The third kappa shape index (κ3) is 3.04. The highest BCUT2D eigenvalue weighted by Crippen LogP contribution is 2.46. The highest BCUT2D eigenvalue weighted by molar-refractivity contribution is 7.01. The van der Waals surface area contributed by atoms with E-state index in [1.54, 1.807) is 0 Å². The zero-order valence-electron chi connectivity index (χ0n) is 13.1. The molecule has 1 aromatic rings. The maximum Gasteiger partial charge on any atom is 0.225 e. The Morgan fingerprint density at radius 2 is 1.79 bits per heavy atom. The van der Waals surface area contributed by atoms with Crippen LogP contribution in [-0.2, 0) is 4.43 Å². The average Bonchev–Trinajstić information content (AvgIpc) is 2.74. The lowest BCUT2D eigenvalue weighted by Crippen LogP contribution is -2.58. The molecule has 1 nitrogen and oxygen atoms in total. The first kappa shape index (κ1) is 15.0. The first-order valence-electron chi connectivity index (χ1n) is 7.59. The van der Waals surface area contributed by atoms with Gasteiger partial charge in [-0.25, -0.2) is 0 Å². The van der Waals surface area contributed by atoms with Gasteiger partial charge in [-0.05, 0) is 30.2 Å². The van der Waals surface area contributed by atoms with Crippen molar-refractivity contribution < 1.29 is 4.43 Å². The summed E-state index contributed by atoms with van der Waals surface area (Å²) in [4.78, 5) is 0. The number of hydrogen-bond donors (Lipinski definition) is 0. The van der Waals surface area contributed by atoms with Crippen LogP contribution in [0.25, 0.3) is 0 Å². The van der Waals surface area contributed by atoms with Crippen molar-refractivity contribution in [1.29, 1.82) is 0 Å². The normalized spacial score (nSPS) is 28.0. The van der Waals surface area contributed by atoms with Gasteiger partial charge in [0.25, 0.3) is 0 Å². The van der Waals surface area contributed by atoms with Crippen LogP contribution >= 0.6 is 0 Å². The largest absolute Gasteiger partial charge is 0.410 e. The third-order valence-corrected chi connectivity index (χ3v) is 15.4. The van der Waals surface area contributed by atoms with Crippen molar-refractivity contribution in [3.8, 4) is 0 Å². The highest BCUT2D eigenvalue weighted by Gasteiger charge is 2.53. The standard InChI is InChI=1S/C16H28OSi2/c1-14(2)17-19(15-10-7-6-8-11-15)13-9-12-16(19)18(3,4)5/h6-8,10-11,14,16H,9,12-13H2,1-5H3. The van der Waals surface area contributed by atoms with E-state index in [9.17, 15) is 0 Å². The summed E-state index contributed by atoms with van der Waals surface area (Å²) in [7, 11) is -2.95. The molecule has 0 aliphatic carbocycles. The van der Waals surface area contributed by atoms with Gasteiger partial charge in [-0.1, -0.05) is 62.8 Å². The van der Waals surface area contributed by atoms with Gasteiger partial charge in [-0.3, -0.25) is 0 Å². The molecule has 0 N–H and O–H groups in total. The van der Waals surface area contributed by atoms with Gasteiger partial charge in [0.2, 0.25) is 8.32 Å². The Bertz CT molecular complexity index is 411. The van der Waals surface area contributed by atoms with Crippen LogP contribution in [0.2, 0.25) is 30.8 Å². The van der Waals surface area contributed by atoms with Gasteiger partial charge >= 0.3 is 0 Å². The molecule has 2 unspecified atom stereocenters. The molecule has 106 valence electrons. The van der Waals surface area contributed by atoms with E-state index in [2.05, 4.69) is 63.8 Å². The molecule has 0 aromatic heterocycles. The van der Waals surface area contributed by atoms with E-state index in [1.165, 1.54) is 24.1 Å². The van der Waals surface area contributed by atoms with Crippen molar-refractivity contribution in [2.24, 2.45) is 0 Å². The molecule has 1 saturated heterocycles. The van der Waals surface area contributed by atoms with E-state index in [4.69, 9.17) is 4.43 Å². The SMILES string of the molecule is CC(C)O[Si]1(c2ccccc2)CCCC1[Si](C)(C)C. The Kier molecular flexibility index (Phi) is 4.38. The van der Waals surface area contributed by atoms with Gasteiger partial charge < -0.3 is 4.43 Å². The maximum absolute atomic E-state index is 6.70. The minimum absolute atomic E-state index is 0.351. The summed E-state index contributed by atoms with van der Waals surface area (Å²) in [6, 6.07) is 12.5. The minimum atomic E-state index is -1.77. The molecule has 1 aliphatic heterocycles. The topological polar surface area (TPSA) is 9.23 Å². The monoisotopic (exact) mass is 292 g/mol. The lowest BCUT2D eigenvalue weighted by molar-refractivity contribution is 0.233. The van der Waals surface area contributed by atoms with Crippen LogP contribution in [-0.4, -0.2) is 22.5 Å². The molecule has 0 bridgehead atoms. The predicted octanol–water partition coefficient (Wildman–Crippen LogP) is 4.31. The fraction of sp³-hybridized carbons (Fsp3) is 0.625. The molecule has 2 rings (SSSR count). The molecule has 0 spiro atoms. The van der Waals surface area contributed by atoms with E-state index in [0.717, 1.165) is 5.16 Å². The van der Waals surface area contributed by atoms with Crippen LogP contribution < -0.4 is 5.19 Å². The first-order chi connectivity index (χ1) is 8.86. The first-order valence-corrected chi connectivity index (χ1v) is 13.4. The molecule has 2 atom stereocenters. The van der Waals surface area contributed by atoms with Gasteiger partial charge in [0.15, 0.2) is 0 Å². The minimum Gasteiger partial charge on any atom is -0.410 e. The van der Waals surface area contributed by atoms with Crippen LogP contribution in [0.3, 0.4) is 0 Å². The average molecular weight is 293 g/mol. The van der Waals surface area contributed by atoms with Gasteiger partial charge in [-0.15, -0.1) is 0 Å². The van der Waals surface area contributed by atoms with Crippen molar-refractivity contribution in [2.45, 2.75) is 63.6 Å². The second-order valence-corrected chi connectivity index (χ2v) is 17.0. The maximum atomic E-state index is 6.70. The molecular formula is C16H28OSi2. The van der Waals surface area contributed by atoms with E-state index >= 15 is 0 Å². The molecule has 3 heteroatoms. The fourth-order valence-corrected chi connectivity index (χ4v) is 16.1. The quantitative estimate of drug-likeness (QED) is 0.752. The van der Waals surface area contributed by atoms with Crippen molar-refractivity contribution in [3.63, 3.8) is 0 Å². The molecule has 1 fully saturated rings. The van der Waals surface area contributed by atoms with Crippen LogP contribution in [0.5, 0.6) is 0 Å². The van der Waals surface area contributed by atoms with Gasteiger partial charge in [0, 0.05) is 14.2 Å². The Balaban J connectivity index is 2.46. The van der Waals surface area contributed by atoms with E-state index in [0.29, 0.717) is 6.10 Å². The summed E-state index contributed by atoms with van der Waals surface area (Å²) in [5.41, 5.74) is 0.